The van der Waals surface area contributed by atoms with Crippen molar-refractivity contribution in [2.45, 2.75) is 13.8 Å². The van der Waals surface area contributed by atoms with Gasteiger partial charge in [-0.3, -0.25) is 9.97 Å². The summed E-state index contributed by atoms with van der Waals surface area (Å²) in [5.41, 5.74) is 5.28. The van der Waals surface area contributed by atoms with Gasteiger partial charge in [0.2, 0.25) is 27.6 Å². The Labute approximate surface area is 552 Å². The molecular weight excluding hydrogens is 1170 g/mol. The summed E-state index contributed by atoms with van der Waals surface area (Å²) in [5.74, 6) is -0.184. The quantitative estimate of drug-likeness (QED) is 0.163. The number of aromatic nitrogens is 7. The molecule has 0 radical (unpaired) electrons. The molecule has 0 saturated heterocycles. The van der Waals surface area contributed by atoms with Crippen molar-refractivity contribution in [1.82, 2.24) is 9.97 Å². The van der Waals surface area contributed by atoms with E-state index in [1.165, 1.54) is 73.1 Å². The van der Waals surface area contributed by atoms with Crippen LogP contribution in [0.5, 0.6) is 40.2 Å². The molecule has 0 aliphatic carbocycles. The van der Waals surface area contributed by atoms with Gasteiger partial charge in [-0.15, -0.1) is 0 Å². The van der Waals surface area contributed by atoms with Crippen LogP contribution in [0.15, 0.2) is 243 Å². The van der Waals surface area contributed by atoms with E-state index in [2.05, 4.69) is 34.9 Å². The van der Waals surface area contributed by atoms with Gasteiger partial charge in [-0.05, 0) is 126 Å². The first-order valence-corrected chi connectivity index (χ1v) is 24.2. The zero-order chi connectivity index (χ0) is 62.5. The minimum absolute atomic E-state index is 0. The van der Waals surface area contributed by atoms with Crippen molar-refractivity contribution in [1.29, 1.82) is 0 Å². The second-order valence-corrected chi connectivity index (χ2v) is 16.8. The van der Waals surface area contributed by atoms with E-state index in [0.717, 1.165) is 21.9 Å². The number of nitrogens with zero attached hydrogens (tertiary/aromatic N) is 2. The fraction of sp³-hybridized carbons (Fsp3) is 0.0308. The van der Waals surface area contributed by atoms with E-state index >= 15 is 0 Å². The Bertz CT molecular complexity index is 4200. The van der Waals surface area contributed by atoms with Gasteiger partial charge in [-0.1, -0.05) is 97.0 Å². The number of para-hydroxylation sites is 6. The second kappa shape index (κ2) is 37.4. The number of fused-ring (bicyclic) bond motifs is 7. The Morgan fingerprint density at radius 1 is 0.326 bits per heavy atom. The summed E-state index contributed by atoms with van der Waals surface area (Å²) in [6, 6.07) is 42.9. The molecule has 7 N–H and O–H groups in total. The van der Waals surface area contributed by atoms with Crippen LogP contribution in [0, 0.1) is 13.8 Å². The first-order chi connectivity index (χ1) is 41.7. The molecule has 394 valence electrons. The van der Waals surface area contributed by atoms with Gasteiger partial charge in [-0.25, -0.2) is 24.9 Å². The standard InChI is InChI=1S/2C10H9NO.5C9H7NO.5Be.2Zn/c1-7-4-5-9(12)10-8(7)3-2-6-11-10;1-7-5-6-11-10-8(7)3-2-4-9(10)12;5*11-8-5-1-3-7-4-2-6-10-9(7)8;;;;;;;/h2*2-6,12H,1H3;5*1-6,11H;;;;;;;/q;;;;;;;5*+2;;/i2*3D;3D,4D;2*4D;2*3D;;;;;;;. The van der Waals surface area contributed by atoms with Gasteiger partial charge in [0.1, 0.15) is 22.5 Å². The molecule has 0 aliphatic heterocycles. The number of aromatic hydroxyl groups is 2. The van der Waals surface area contributed by atoms with Gasteiger partial charge in [0.15, 0.2) is 31.0 Å². The van der Waals surface area contributed by atoms with Crippen molar-refractivity contribution in [3.05, 3.63) is 255 Å². The molecule has 0 saturated carbocycles. The van der Waals surface area contributed by atoms with E-state index in [0.29, 0.717) is 102 Å². The molecule has 0 fully saturated rings. The number of H-pyrrole nitrogens is 5. The normalized spacial score (nSPS) is 10.7. The third-order valence-corrected chi connectivity index (χ3v) is 11.5. The van der Waals surface area contributed by atoms with Crippen molar-refractivity contribution in [2.24, 2.45) is 0 Å². The SMILES string of the molecule is [2H]c1cc[nH+]c2c([O-])ccc(C)c12.[2H]c1cc[nH+]c2c([O-])ccc([2H])c12.[2H]c1cc[nH+]c2c([O-])cccc12.[2H]c1ccc(O)c2ncccc12.[2H]c1ccc([O-])c2[nH+]ccc(C)c12.[2H]c1ccc([O-])c2[nH+]cccc12.[2H]c1ccnc2c(O)cccc12.[Be+2].[Be+2].[Be+2].[Be+2].[Be+2].[Zn].[Zn]. The molecule has 14 aromatic rings. The maximum atomic E-state index is 11.4. The number of benzene rings is 7. The van der Waals surface area contributed by atoms with Gasteiger partial charge >= 0.3 is 50.6 Å². The van der Waals surface area contributed by atoms with E-state index in [-0.39, 0.29) is 142 Å². The molecule has 7 aromatic carbocycles. The summed E-state index contributed by atoms with van der Waals surface area (Å²) in [4.78, 5) is 22.1. The summed E-state index contributed by atoms with van der Waals surface area (Å²) in [6.45, 7) is 3.79. The Balaban J connectivity index is 0.000000542. The van der Waals surface area contributed by atoms with Crippen LogP contribution in [0.2, 0.25) is 0 Å². The number of pyridine rings is 7. The van der Waals surface area contributed by atoms with Crippen LogP contribution in [0.4, 0.5) is 0 Å². The summed E-state index contributed by atoms with van der Waals surface area (Å²) >= 11 is 0. The Hall–Kier alpha value is -8.90. The number of rotatable bonds is 0. The average molecular weight is 1230 g/mol. The van der Waals surface area contributed by atoms with E-state index in [1.54, 1.807) is 116 Å². The molecule has 0 aliphatic rings. The third-order valence-electron chi connectivity index (χ3n) is 11.5. The molecule has 14 rings (SSSR count). The molecule has 0 spiro atoms. The first kappa shape index (κ1) is 61.7. The second-order valence-electron chi connectivity index (χ2n) is 16.8. The molecular formula is C65H53Be5N7O7Zn2+10. The maximum absolute atomic E-state index is 11.4. The van der Waals surface area contributed by atoms with Gasteiger partial charge in [0, 0.05) is 119 Å². The number of aromatic amines is 5. The van der Waals surface area contributed by atoms with Crippen LogP contribution in [-0.4, -0.2) is 70.8 Å². The fourth-order valence-electron chi connectivity index (χ4n) is 7.67. The Kier molecular flexibility index (Phi) is 26.8. The largest absolute Gasteiger partial charge is 2.00 e. The van der Waals surface area contributed by atoms with Crippen molar-refractivity contribution >= 4 is 127 Å². The van der Waals surface area contributed by atoms with E-state index in [4.69, 9.17) is 11.0 Å². The number of phenolic OH excluding ortho intramolecular Hbond substituents is 2. The molecule has 14 nitrogen and oxygen atoms in total. The summed E-state index contributed by atoms with van der Waals surface area (Å²) < 4.78 is 60.4. The Morgan fingerprint density at radius 2 is 0.663 bits per heavy atom. The molecule has 0 bridgehead atoms. The summed E-state index contributed by atoms with van der Waals surface area (Å²) in [6.07, 6.45) is 11.3. The van der Waals surface area contributed by atoms with Gasteiger partial charge in [0.25, 0.3) is 0 Å². The van der Waals surface area contributed by atoms with Crippen molar-refractivity contribution in [2.75, 3.05) is 0 Å². The van der Waals surface area contributed by atoms with E-state index in [9.17, 15) is 35.7 Å². The number of nitrogens with one attached hydrogen (secondary N) is 5. The minimum Gasteiger partial charge on any atom is -0.868 e. The number of phenols is 2. The Morgan fingerprint density at radius 3 is 1.22 bits per heavy atom. The molecule has 0 unspecified atom stereocenters. The minimum atomic E-state index is -0.180. The van der Waals surface area contributed by atoms with Gasteiger partial charge < -0.3 is 35.7 Å². The summed E-state index contributed by atoms with van der Waals surface area (Å²) in [7, 11) is 0. The molecule has 86 heavy (non-hydrogen) atoms. The van der Waals surface area contributed by atoms with Crippen LogP contribution >= 0.6 is 0 Å². The van der Waals surface area contributed by atoms with Crippen molar-refractivity contribution < 1.29 is 111 Å². The van der Waals surface area contributed by atoms with E-state index in [1.807, 2.05) is 19.9 Å². The van der Waals surface area contributed by atoms with Crippen LogP contribution < -0.4 is 50.5 Å². The molecule has 0 atom stereocenters. The van der Waals surface area contributed by atoms with Gasteiger partial charge in [0.05, 0.1) is 11.0 Å². The third kappa shape index (κ3) is 19.9. The molecule has 7 heterocycles. The fourth-order valence-corrected chi connectivity index (χ4v) is 7.67. The zero-order valence-corrected chi connectivity index (χ0v) is 53.2. The molecule has 21 heteroatoms. The monoisotopic (exact) mass is 1220 g/mol. The zero-order valence-electron chi connectivity index (χ0n) is 55.3. The van der Waals surface area contributed by atoms with Crippen molar-refractivity contribution in [3.8, 4) is 40.2 Å². The number of hydrogen-bond donors (Lipinski definition) is 2. The van der Waals surface area contributed by atoms with Crippen LogP contribution in [0.1, 0.15) is 22.1 Å². The maximum Gasteiger partial charge on any atom is 2.00 e. The number of aryl methyl sites for hydroxylation is 2. The smallest absolute Gasteiger partial charge is 0.868 e. The number of hydrogen-bond acceptors (Lipinski definition) is 9. The summed E-state index contributed by atoms with van der Waals surface area (Å²) in [5, 5.41) is 79.7. The predicted octanol–water partition coefficient (Wildman–Crippen LogP) is 6.23. The average Bonchev–Trinajstić information content (AvgIpc) is 0.954. The van der Waals surface area contributed by atoms with E-state index < -0.39 is 0 Å². The van der Waals surface area contributed by atoms with Crippen LogP contribution in [0.25, 0.3) is 76.3 Å². The van der Waals surface area contributed by atoms with Gasteiger partial charge in [-0.2, -0.15) is 0 Å². The van der Waals surface area contributed by atoms with Crippen LogP contribution in [-0.2, 0) is 39.0 Å². The topological polar surface area (TPSA) is 252 Å². The molecule has 0 amide bonds. The first-order valence-electron chi connectivity index (χ1n) is 28.2. The molecule has 7 aromatic heterocycles. The van der Waals surface area contributed by atoms with Crippen LogP contribution in [0.3, 0.4) is 0 Å². The van der Waals surface area contributed by atoms with Crippen molar-refractivity contribution in [3.63, 3.8) is 0 Å². The predicted molar refractivity (Wildman–Crippen MR) is 325 cm³/mol.